The molecule has 4 heteroatoms. The molecule has 37 heavy (non-hydrogen) atoms. The molecule has 0 unspecified atom stereocenters. The lowest BCUT2D eigenvalue weighted by Crippen LogP contribution is -2.37. The van der Waals surface area contributed by atoms with Crippen molar-refractivity contribution >= 4 is 0 Å². The van der Waals surface area contributed by atoms with Crippen LogP contribution in [0.3, 0.4) is 0 Å². The Labute approximate surface area is 221 Å². The van der Waals surface area contributed by atoms with Gasteiger partial charge in [0.05, 0.1) is 12.8 Å². The van der Waals surface area contributed by atoms with Crippen LogP contribution in [0.2, 0.25) is 0 Å². The molecule has 3 rings (SSSR count). The van der Waals surface area contributed by atoms with Crippen LogP contribution in [-0.2, 0) is 26.2 Å². The molecule has 0 saturated carbocycles. The lowest BCUT2D eigenvalue weighted by atomic mass is 10.2. The largest absolute Gasteiger partial charge is 0.257 e. The van der Waals surface area contributed by atoms with Crippen LogP contribution in [0, 0.1) is 73.1 Å². The van der Waals surface area contributed by atoms with Gasteiger partial charge in [-0.1, -0.05) is 0 Å². The predicted molar refractivity (Wildman–Crippen MR) is 144 cm³/mol. The predicted octanol–water partition coefficient (Wildman–Crippen LogP) is 2.24. The van der Waals surface area contributed by atoms with Crippen molar-refractivity contribution in [3.8, 4) is 73.1 Å². The van der Waals surface area contributed by atoms with Crippen LogP contribution in [0.4, 0.5) is 0 Å². The quantitative estimate of drug-likeness (QED) is 0.347. The van der Waals surface area contributed by atoms with Crippen LogP contribution in [0.1, 0.15) is 48.5 Å². The Morgan fingerprint density at radius 1 is 0.595 bits per heavy atom. The zero-order valence-electron chi connectivity index (χ0n) is 21.0. The molecule has 3 aromatic heterocycles. The fourth-order valence-corrected chi connectivity index (χ4v) is 3.71. The Balaban J connectivity index is 2.14. The van der Waals surface area contributed by atoms with E-state index in [1.165, 1.54) is 0 Å². The van der Waals surface area contributed by atoms with Crippen molar-refractivity contribution in [2.24, 2.45) is 0 Å². The Bertz CT molecular complexity index is 1420. The summed E-state index contributed by atoms with van der Waals surface area (Å²) in [5.41, 5.74) is 3.31. The standard InChI is InChI=1S/C33H29N4/c1-5-9-23-34-27-15-13-17-30(34)19-21-32-33(37(26-12-8-4)29-36(32)25-11-7-3)22-20-31-18-14-16-28-35(31)24-10-6-2/h1-4,13-18,27-29H,9-12,23-26H2/q+3. The van der Waals surface area contributed by atoms with Crippen molar-refractivity contribution in [3.05, 3.63) is 77.9 Å². The van der Waals surface area contributed by atoms with Crippen LogP contribution >= 0.6 is 0 Å². The lowest BCUT2D eigenvalue weighted by Gasteiger charge is -1.96. The molecule has 0 aliphatic carbocycles. The monoisotopic (exact) mass is 481 g/mol. The number of aryl methyl sites for hydroxylation is 4. The first kappa shape index (κ1) is 26.5. The van der Waals surface area contributed by atoms with Crippen molar-refractivity contribution < 1.29 is 13.7 Å². The summed E-state index contributed by atoms with van der Waals surface area (Å²) in [7, 11) is 0. The highest BCUT2D eigenvalue weighted by molar-refractivity contribution is 5.44. The molecule has 0 amide bonds. The smallest absolute Gasteiger partial charge is 0.221 e. The van der Waals surface area contributed by atoms with Crippen LogP contribution < -0.4 is 13.7 Å². The summed E-state index contributed by atoms with van der Waals surface area (Å²) in [6.07, 6.45) is 30.5. The molecule has 0 saturated heterocycles. The second kappa shape index (κ2) is 14.3. The highest BCUT2D eigenvalue weighted by atomic mass is 15.1. The summed E-state index contributed by atoms with van der Waals surface area (Å²) >= 11 is 0. The molecule has 0 bridgehead atoms. The van der Waals surface area contributed by atoms with E-state index < -0.39 is 0 Å². The first-order valence-electron chi connectivity index (χ1n) is 12.1. The average Bonchev–Trinajstić information content (AvgIpc) is 3.26. The molecular weight excluding hydrogens is 452 g/mol. The van der Waals surface area contributed by atoms with Crippen molar-refractivity contribution in [2.45, 2.75) is 51.9 Å². The normalized spacial score (nSPS) is 9.41. The highest BCUT2D eigenvalue weighted by Gasteiger charge is 2.21. The van der Waals surface area contributed by atoms with Crippen molar-refractivity contribution in [2.75, 3.05) is 0 Å². The van der Waals surface area contributed by atoms with E-state index in [-0.39, 0.29) is 0 Å². The third-order valence-electron chi connectivity index (χ3n) is 5.56. The Morgan fingerprint density at radius 3 is 1.65 bits per heavy atom. The molecule has 178 valence electrons. The maximum absolute atomic E-state index is 5.58. The molecule has 0 radical (unpaired) electrons. The van der Waals surface area contributed by atoms with Gasteiger partial charge in [0.15, 0.2) is 25.5 Å². The fraction of sp³-hybridized carbons (Fsp3) is 0.242. The van der Waals surface area contributed by atoms with Gasteiger partial charge >= 0.3 is 0 Å². The van der Waals surface area contributed by atoms with Crippen LogP contribution in [0.15, 0.2) is 55.1 Å². The summed E-state index contributed by atoms with van der Waals surface area (Å²) < 4.78 is 8.22. The van der Waals surface area contributed by atoms with Gasteiger partial charge < -0.3 is 0 Å². The third kappa shape index (κ3) is 7.42. The second-order valence-electron chi connectivity index (χ2n) is 8.07. The van der Waals surface area contributed by atoms with E-state index in [0.717, 1.165) is 22.8 Å². The minimum Gasteiger partial charge on any atom is -0.221 e. The number of pyridine rings is 2. The molecule has 0 atom stereocenters. The number of hydrogen-bond donors (Lipinski definition) is 0. The van der Waals surface area contributed by atoms with Gasteiger partial charge in [-0.2, -0.15) is 9.13 Å². The number of hydrogen-bond acceptors (Lipinski definition) is 0. The minimum atomic E-state index is 0.573. The highest BCUT2D eigenvalue weighted by Crippen LogP contribution is 2.07. The molecule has 3 heterocycles. The topological polar surface area (TPSA) is 16.6 Å². The second-order valence-corrected chi connectivity index (χ2v) is 8.07. The maximum Gasteiger partial charge on any atom is 0.257 e. The molecule has 0 spiro atoms. The summed E-state index contributed by atoms with van der Waals surface area (Å²) in [6, 6.07) is 11.8. The van der Waals surface area contributed by atoms with E-state index >= 15 is 0 Å². The van der Waals surface area contributed by atoms with Gasteiger partial charge in [0.2, 0.25) is 17.7 Å². The van der Waals surface area contributed by atoms with Crippen LogP contribution in [-0.4, -0.2) is 4.57 Å². The van der Waals surface area contributed by atoms with Crippen LogP contribution in [0.5, 0.6) is 0 Å². The van der Waals surface area contributed by atoms with Gasteiger partial charge in [-0.05, 0) is 24.0 Å². The van der Waals surface area contributed by atoms with Crippen molar-refractivity contribution in [3.63, 3.8) is 0 Å². The van der Waals surface area contributed by atoms with E-state index in [0.29, 0.717) is 51.9 Å². The first-order chi connectivity index (χ1) is 18.2. The van der Waals surface area contributed by atoms with Gasteiger partial charge in [0.25, 0.3) is 11.4 Å². The molecule has 0 fully saturated rings. The number of terminal acetylenes is 4. The average molecular weight is 482 g/mol. The molecular formula is C33H29N4+3. The zero-order valence-corrected chi connectivity index (χ0v) is 21.0. The third-order valence-corrected chi connectivity index (χ3v) is 5.56. The van der Waals surface area contributed by atoms with E-state index in [9.17, 15) is 0 Å². The summed E-state index contributed by atoms with van der Waals surface area (Å²) in [4.78, 5) is 0. The number of aromatic nitrogens is 4. The summed E-state index contributed by atoms with van der Waals surface area (Å²) in [5, 5.41) is 0. The molecule has 0 aromatic carbocycles. The maximum atomic E-state index is 5.58. The molecule has 4 nitrogen and oxygen atoms in total. The van der Waals surface area contributed by atoms with Gasteiger partial charge in [-0.3, -0.25) is 0 Å². The fourth-order valence-electron chi connectivity index (χ4n) is 3.71. The van der Waals surface area contributed by atoms with Crippen LogP contribution in [0.25, 0.3) is 0 Å². The van der Waals surface area contributed by atoms with Crippen molar-refractivity contribution in [1.29, 1.82) is 0 Å². The lowest BCUT2D eigenvalue weighted by molar-refractivity contribution is -0.699. The number of nitrogens with zero attached hydrogens (tertiary/aromatic N) is 4. The SMILES string of the molecule is C#CCCn1c[n+](CCC#C)c(C#Cc2cccc[n+]2CCC#C)c1C#Cc1cccc[n+]1CCC#C. The van der Waals surface area contributed by atoms with Crippen molar-refractivity contribution in [1.82, 2.24) is 4.57 Å². The molecule has 0 aliphatic rings. The Hall–Kier alpha value is -5.13. The minimum absolute atomic E-state index is 0.573. The van der Waals surface area contributed by atoms with E-state index in [4.69, 9.17) is 25.7 Å². The zero-order chi connectivity index (χ0) is 26.3. The first-order valence-corrected chi connectivity index (χ1v) is 12.1. The summed E-state index contributed by atoms with van der Waals surface area (Å²) in [5.74, 6) is 24.2. The molecule has 0 N–H and O–H groups in total. The number of imidazole rings is 1. The summed E-state index contributed by atoms with van der Waals surface area (Å²) in [6.45, 7) is 2.63. The van der Waals surface area contributed by atoms with Gasteiger partial charge in [-0.15, -0.1) is 49.4 Å². The Kier molecular flexibility index (Phi) is 10.2. The van der Waals surface area contributed by atoms with Gasteiger partial charge in [0.1, 0.15) is 13.1 Å². The Morgan fingerprint density at radius 2 is 1.11 bits per heavy atom. The number of rotatable bonds is 8. The van der Waals surface area contributed by atoms with E-state index in [1.54, 1.807) is 0 Å². The van der Waals surface area contributed by atoms with Gasteiger partial charge in [-0.25, -0.2) is 9.13 Å². The van der Waals surface area contributed by atoms with E-state index in [1.807, 2.05) is 55.1 Å². The van der Waals surface area contributed by atoms with Gasteiger partial charge in [0, 0.05) is 48.9 Å². The van der Waals surface area contributed by atoms with E-state index in [2.05, 4.69) is 65.6 Å². The molecule has 0 aliphatic heterocycles. The molecule has 3 aromatic rings.